The molecular weight excluding hydrogens is 208 g/mol. The van der Waals surface area contributed by atoms with Crippen LogP contribution < -0.4 is 0 Å². The summed E-state index contributed by atoms with van der Waals surface area (Å²) in [6, 6.07) is 0. The number of rotatable bonds is 5. The highest BCUT2D eigenvalue weighted by Gasteiger charge is 2.54. The zero-order chi connectivity index (χ0) is 12.4. The number of Topliss-reactive ketones (excluding diaryl/α,β-unsaturated/α-hetero) is 2. The fraction of sp³-hybridized carbons (Fsp3) is 0.625. The Kier molecular flexibility index (Phi) is 3.70. The molecule has 0 aliphatic rings. The molecule has 0 rings (SSSR count). The number of hydrogen-bond donors (Lipinski definition) is 4. The van der Waals surface area contributed by atoms with E-state index in [-0.39, 0.29) is 0 Å². The zero-order valence-corrected chi connectivity index (χ0v) is 8.22. The molecule has 0 aliphatic heterocycles. The molecule has 2 unspecified atom stereocenters. The largest absolute Gasteiger partial charge is 0.475 e. The van der Waals surface area contributed by atoms with E-state index in [2.05, 4.69) is 0 Å². The lowest BCUT2D eigenvalue weighted by atomic mass is 9.79. The first kappa shape index (κ1) is 13.7. The second-order valence-corrected chi connectivity index (χ2v) is 3.36. The number of carbonyl (C=O) groups excluding carboxylic acids is 2. The molecule has 0 aromatic heterocycles. The van der Waals surface area contributed by atoms with Gasteiger partial charge in [-0.3, -0.25) is 9.59 Å². The molecule has 0 aromatic carbocycles. The SMILES string of the molecule is CC(O)(C(=O)CO)C(C)(O)C(=O)C(=O)O. The van der Waals surface area contributed by atoms with Crippen LogP contribution in [0.2, 0.25) is 0 Å². The van der Waals surface area contributed by atoms with E-state index in [9.17, 15) is 24.6 Å². The molecule has 0 saturated heterocycles. The Morgan fingerprint density at radius 1 is 1.07 bits per heavy atom. The van der Waals surface area contributed by atoms with Gasteiger partial charge in [0.1, 0.15) is 6.61 Å². The first-order valence-corrected chi connectivity index (χ1v) is 3.95. The average Bonchev–Trinajstić information content (AvgIpc) is 2.14. The van der Waals surface area contributed by atoms with Crippen LogP contribution in [0.4, 0.5) is 0 Å². The lowest BCUT2D eigenvalue weighted by Crippen LogP contribution is -2.62. The van der Waals surface area contributed by atoms with Gasteiger partial charge in [0, 0.05) is 0 Å². The molecule has 0 bridgehead atoms. The van der Waals surface area contributed by atoms with Gasteiger partial charge < -0.3 is 20.4 Å². The van der Waals surface area contributed by atoms with Crippen LogP contribution in [0.1, 0.15) is 13.8 Å². The van der Waals surface area contributed by atoms with Crippen LogP contribution in [0, 0.1) is 0 Å². The van der Waals surface area contributed by atoms with Crippen molar-refractivity contribution in [1.82, 2.24) is 0 Å². The highest BCUT2D eigenvalue weighted by molar-refractivity contribution is 6.37. The highest BCUT2D eigenvalue weighted by atomic mass is 16.4. The lowest BCUT2D eigenvalue weighted by molar-refractivity contribution is -0.182. The molecule has 15 heavy (non-hydrogen) atoms. The van der Waals surface area contributed by atoms with E-state index >= 15 is 0 Å². The molecular formula is C8H12O7. The first-order chi connectivity index (χ1) is 6.59. The van der Waals surface area contributed by atoms with Gasteiger partial charge in [-0.2, -0.15) is 0 Å². The Balaban J connectivity index is 5.27. The molecule has 0 aromatic rings. The summed E-state index contributed by atoms with van der Waals surface area (Å²) in [4.78, 5) is 32.3. The highest BCUT2D eigenvalue weighted by Crippen LogP contribution is 2.24. The number of carboxylic acid groups (broad SMARTS) is 1. The van der Waals surface area contributed by atoms with E-state index in [4.69, 9.17) is 10.2 Å². The van der Waals surface area contributed by atoms with Crippen LogP contribution >= 0.6 is 0 Å². The van der Waals surface area contributed by atoms with Crippen molar-refractivity contribution in [3.63, 3.8) is 0 Å². The fourth-order valence-corrected chi connectivity index (χ4v) is 0.855. The summed E-state index contributed by atoms with van der Waals surface area (Å²) in [5.41, 5.74) is -5.45. The minimum atomic E-state index is -2.79. The van der Waals surface area contributed by atoms with Gasteiger partial charge in [0.2, 0.25) is 0 Å². The molecule has 0 saturated carbocycles. The monoisotopic (exact) mass is 220 g/mol. The van der Waals surface area contributed by atoms with Crippen molar-refractivity contribution >= 4 is 17.5 Å². The van der Waals surface area contributed by atoms with Gasteiger partial charge in [-0.25, -0.2) is 4.79 Å². The second-order valence-electron chi connectivity index (χ2n) is 3.36. The minimum absolute atomic E-state index is 0.691. The maximum atomic E-state index is 11.0. The Hall–Kier alpha value is -1.31. The molecule has 4 N–H and O–H groups in total. The molecule has 7 nitrogen and oxygen atoms in total. The van der Waals surface area contributed by atoms with Crippen LogP contribution in [0.5, 0.6) is 0 Å². The Morgan fingerprint density at radius 2 is 1.47 bits per heavy atom. The third-order valence-electron chi connectivity index (χ3n) is 2.27. The Bertz CT molecular complexity index is 302. The van der Waals surface area contributed by atoms with Crippen LogP contribution in [0.3, 0.4) is 0 Å². The normalized spacial score (nSPS) is 18.7. The van der Waals surface area contributed by atoms with Crippen LogP contribution in [-0.2, 0) is 14.4 Å². The summed E-state index contributed by atoms with van der Waals surface area (Å²) in [5.74, 6) is -4.96. The number of aliphatic carboxylic acids is 1. The summed E-state index contributed by atoms with van der Waals surface area (Å²) < 4.78 is 0. The number of aliphatic hydroxyl groups excluding tert-OH is 1. The molecule has 0 radical (unpaired) electrons. The quantitative estimate of drug-likeness (QED) is 0.383. The van der Waals surface area contributed by atoms with Gasteiger partial charge in [0.25, 0.3) is 5.78 Å². The van der Waals surface area contributed by atoms with E-state index in [1.54, 1.807) is 0 Å². The van der Waals surface area contributed by atoms with Crippen molar-refractivity contribution in [3.05, 3.63) is 0 Å². The predicted molar refractivity (Wildman–Crippen MR) is 46.0 cm³/mol. The zero-order valence-electron chi connectivity index (χ0n) is 8.22. The molecule has 0 spiro atoms. The maximum absolute atomic E-state index is 11.0. The molecule has 0 aliphatic carbocycles. The minimum Gasteiger partial charge on any atom is -0.475 e. The smallest absolute Gasteiger partial charge is 0.375 e. The Morgan fingerprint density at radius 3 is 1.73 bits per heavy atom. The van der Waals surface area contributed by atoms with Crippen molar-refractivity contribution in [2.75, 3.05) is 6.61 Å². The van der Waals surface area contributed by atoms with Gasteiger partial charge in [-0.15, -0.1) is 0 Å². The number of ketones is 2. The van der Waals surface area contributed by atoms with Crippen LogP contribution in [0.15, 0.2) is 0 Å². The van der Waals surface area contributed by atoms with E-state index < -0.39 is 35.3 Å². The standard InChI is InChI=1S/C8H12O7/c1-7(14,4(10)3-9)8(2,15)5(11)6(12)13/h9,14-15H,3H2,1-2H3,(H,12,13). The molecule has 0 amide bonds. The van der Waals surface area contributed by atoms with Crippen molar-refractivity contribution in [2.24, 2.45) is 0 Å². The molecule has 2 atom stereocenters. The van der Waals surface area contributed by atoms with Gasteiger partial charge in [0.05, 0.1) is 0 Å². The third kappa shape index (κ3) is 2.20. The van der Waals surface area contributed by atoms with Crippen molar-refractivity contribution in [3.8, 4) is 0 Å². The Labute approximate surface area is 85.0 Å². The van der Waals surface area contributed by atoms with Crippen molar-refractivity contribution in [1.29, 1.82) is 0 Å². The van der Waals surface area contributed by atoms with E-state index in [0.29, 0.717) is 6.92 Å². The summed E-state index contributed by atoms with van der Waals surface area (Å²) >= 11 is 0. The third-order valence-corrected chi connectivity index (χ3v) is 2.27. The van der Waals surface area contributed by atoms with E-state index in [1.165, 1.54) is 0 Å². The van der Waals surface area contributed by atoms with Crippen molar-refractivity contribution < 1.29 is 34.8 Å². The van der Waals surface area contributed by atoms with Crippen LogP contribution in [-0.4, -0.2) is 55.8 Å². The summed E-state index contributed by atoms with van der Waals surface area (Å²) in [6.45, 7) is 0.333. The van der Waals surface area contributed by atoms with E-state index in [1.807, 2.05) is 0 Å². The van der Waals surface area contributed by atoms with Gasteiger partial charge in [-0.05, 0) is 13.8 Å². The van der Waals surface area contributed by atoms with Crippen LogP contribution in [0.25, 0.3) is 0 Å². The summed E-state index contributed by atoms with van der Waals surface area (Å²) in [7, 11) is 0. The van der Waals surface area contributed by atoms with E-state index in [0.717, 1.165) is 6.92 Å². The fourth-order valence-electron chi connectivity index (χ4n) is 0.855. The average molecular weight is 220 g/mol. The lowest BCUT2D eigenvalue weighted by Gasteiger charge is -2.33. The second kappa shape index (κ2) is 4.05. The number of hydrogen-bond acceptors (Lipinski definition) is 6. The molecule has 7 heteroatoms. The van der Waals surface area contributed by atoms with Gasteiger partial charge in [-0.1, -0.05) is 0 Å². The molecule has 86 valence electrons. The first-order valence-electron chi connectivity index (χ1n) is 3.95. The number of carboxylic acids is 1. The molecule has 0 fully saturated rings. The predicted octanol–water partition coefficient (Wildman–Crippen LogP) is -2.30. The molecule has 0 heterocycles. The number of carbonyl (C=O) groups is 3. The van der Waals surface area contributed by atoms with Gasteiger partial charge in [0.15, 0.2) is 17.0 Å². The summed E-state index contributed by atoms with van der Waals surface area (Å²) in [6.07, 6.45) is 0. The van der Waals surface area contributed by atoms with Gasteiger partial charge >= 0.3 is 5.97 Å². The maximum Gasteiger partial charge on any atom is 0.375 e. The topological polar surface area (TPSA) is 132 Å². The van der Waals surface area contributed by atoms with Crippen molar-refractivity contribution in [2.45, 2.75) is 25.0 Å². The summed E-state index contributed by atoms with van der Waals surface area (Å²) in [5, 5.41) is 35.8. The number of aliphatic hydroxyl groups is 3.